The van der Waals surface area contributed by atoms with Crippen molar-refractivity contribution >= 4 is 34.7 Å². The maximum absolute atomic E-state index is 12.8. The van der Waals surface area contributed by atoms with E-state index in [0.29, 0.717) is 17.2 Å². The molecule has 0 saturated carbocycles. The van der Waals surface area contributed by atoms with Crippen LogP contribution in [0.1, 0.15) is 21.5 Å². The molecule has 2 nitrogen and oxygen atoms in total. The first-order valence-electron chi connectivity index (χ1n) is 7.10. The Balaban J connectivity index is 2.26. The predicted molar refractivity (Wildman–Crippen MR) is 90.0 cm³/mol. The number of carbonyl (C=O) groups is 1. The Morgan fingerprint density at radius 2 is 1.44 bits per heavy atom. The topological polar surface area (TPSA) is 29.1 Å². The summed E-state index contributed by atoms with van der Waals surface area (Å²) >= 11 is 11.6. The number of anilines is 1. The molecule has 27 heavy (non-hydrogen) atoms. The van der Waals surface area contributed by atoms with E-state index in [9.17, 15) is 31.1 Å². The third-order valence-electron chi connectivity index (χ3n) is 3.27. The lowest BCUT2D eigenvalue weighted by molar-refractivity contribution is -0.143. The molecule has 0 aliphatic heterocycles. The Labute approximate surface area is 159 Å². The van der Waals surface area contributed by atoms with Gasteiger partial charge in [0.15, 0.2) is 5.78 Å². The number of alkyl halides is 6. The van der Waals surface area contributed by atoms with E-state index in [1.807, 2.05) is 0 Å². The lowest BCUT2D eigenvalue weighted by Crippen LogP contribution is -2.11. The van der Waals surface area contributed by atoms with Crippen molar-refractivity contribution in [2.24, 2.45) is 0 Å². The molecule has 0 atom stereocenters. The summed E-state index contributed by atoms with van der Waals surface area (Å²) in [5, 5.41) is 2.58. The molecule has 0 saturated heterocycles. The number of benzene rings is 2. The first-order chi connectivity index (χ1) is 12.4. The number of hydrogen-bond donors (Lipinski definition) is 1. The van der Waals surface area contributed by atoms with Crippen molar-refractivity contribution in [1.29, 1.82) is 0 Å². The van der Waals surface area contributed by atoms with E-state index in [4.69, 9.17) is 23.2 Å². The van der Waals surface area contributed by atoms with Crippen LogP contribution in [0.3, 0.4) is 0 Å². The fourth-order valence-corrected chi connectivity index (χ4v) is 2.53. The summed E-state index contributed by atoms with van der Waals surface area (Å²) in [5.74, 6) is -0.618. The smallest absolute Gasteiger partial charge is 0.362 e. The molecule has 144 valence electrons. The second-order valence-corrected chi connectivity index (χ2v) is 6.10. The molecule has 0 aliphatic carbocycles. The van der Waals surface area contributed by atoms with Gasteiger partial charge in [-0.25, -0.2) is 0 Å². The highest BCUT2D eigenvalue weighted by molar-refractivity contribution is 6.37. The highest BCUT2D eigenvalue weighted by atomic mass is 35.5. The minimum Gasteiger partial charge on any atom is -0.362 e. The second kappa shape index (κ2) is 7.82. The average molecular weight is 428 g/mol. The van der Waals surface area contributed by atoms with Crippen LogP contribution in [0.2, 0.25) is 10.0 Å². The minimum absolute atomic E-state index is 0.00747. The van der Waals surface area contributed by atoms with Gasteiger partial charge in [0.25, 0.3) is 0 Å². The number of halogens is 8. The predicted octanol–water partition coefficient (Wildman–Crippen LogP) is 6.84. The highest BCUT2D eigenvalue weighted by Gasteiger charge is 2.36. The second-order valence-electron chi connectivity index (χ2n) is 5.26. The van der Waals surface area contributed by atoms with Crippen molar-refractivity contribution in [2.45, 2.75) is 12.4 Å². The van der Waals surface area contributed by atoms with Gasteiger partial charge in [0.05, 0.1) is 16.1 Å². The zero-order valence-electron chi connectivity index (χ0n) is 13.1. The molecular formula is C17H9Cl2F6NO. The highest BCUT2D eigenvalue weighted by Crippen LogP contribution is 2.37. The Bertz CT molecular complexity index is 858. The molecule has 0 radical (unpaired) electrons. The molecule has 0 fully saturated rings. The van der Waals surface area contributed by atoms with Crippen molar-refractivity contribution in [1.82, 2.24) is 0 Å². The molecule has 10 heteroatoms. The van der Waals surface area contributed by atoms with Gasteiger partial charge < -0.3 is 5.32 Å². The minimum atomic E-state index is -4.96. The van der Waals surface area contributed by atoms with Crippen LogP contribution in [0.5, 0.6) is 0 Å². The molecule has 2 aromatic carbocycles. The van der Waals surface area contributed by atoms with Crippen LogP contribution in [0.15, 0.2) is 48.7 Å². The van der Waals surface area contributed by atoms with Crippen molar-refractivity contribution < 1.29 is 31.1 Å². The van der Waals surface area contributed by atoms with Crippen molar-refractivity contribution in [3.8, 4) is 0 Å². The van der Waals surface area contributed by atoms with Crippen LogP contribution in [-0.2, 0) is 12.4 Å². The first-order valence-corrected chi connectivity index (χ1v) is 7.85. The van der Waals surface area contributed by atoms with Crippen molar-refractivity contribution in [3.05, 3.63) is 75.4 Å². The molecule has 0 unspecified atom stereocenters. The Morgan fingerprint density at radius 3 is 1.93 bits per heavy atom. The Hall–Kier alpha value is -2.19. The zero-order chi connectivity index (χ0) is 20.4. The molecule has 0 bridgehead atoms. The molecule has 0 heterocycles. The van der Waals surface area contributed by atoms with Crippen LogP contribution >= 0.6 is 23.2 Å². The summed E-state index contributed by atoms with van der Waals surface area (Å²) in [7, 11) is 0. The van der Waals surface area contributed by atoms with Crippen LogP contribution in [0.4, 0.5) is 32.0 Å². The summed E-state index contributed by atoms with van der Waals surface area (Å²) < 4.78 is 76.8. The van der Waals surface area contributed by atoms with Crippen LogP contribution in [0.25, 0.3) is 0 Å². The molecule has 0 aromatic heterocycles. The summed E-state index contributed by atoms with van der Waals surface area (Å²) in [6.45, 7) is 0. The van der Waals surface area contributed by atoms with Gasteiger partial charge in [-0.1, -0.05) is 23.2 Å². The van der Waals surface area contributed by atoms with E-state index < -0.39 is 35.0 Å². The van der Waals surface area contributed by atoms with E-state index in [-0.39, 0.29) is 16.7 Å². The Kier molecular flexibility index (Phi) is 6.11. The quantitative estimate of drug-likeness (QED) is 0.328. The van der Waals surface area contributed by atoms with Gasteiger partial charge in [-0.3, -0.25) is 4.79 Å². The number of rotatable bonds is 4. The molecule has 0 spiro atoms. The van der Waals surface area contributed by atoms with E-state index in [0.717, 1.165) is 12.3 Å². The van der Waals surface area contributed by atoms with Gasteiger partial charge >= 0.3 is 12.4 Å². The van der Waals surface area contributed by atoms with Crippen LogP contribution in [0, 0.1) is 0 Å². The normalized spacial score (nSPS) is 12.4. The van der Waals surface area contributed by atoms with E-state index in [2.05, 4.69) is 5.32 Å². The molecule has 1 N–H and O–H groups in total. The Morgan fingerprint density at radius 1 is 0.889 bits per heavy atom. The summed E-state index contributed by atoms with van der Waals surface area (Å²) in [6, 6.07) is 5.07. The molecule has 0 aliphatic rings. The van der Waals surface area contributed by atoms with Gasteiger partial charge in [-0.05, 0) is 36.4 Å². The summed E-state index contributed by atoms with van der Waals surface area (Å²) in [4.78, 5) is 12.0. The number of hydrogen-bond acceptors (Lipinski definition) is 2. The lowest BCUT2D eigenvalue weighted by Gasteiger charge is -2.14. The van der Waals surface area contributed by atoms with E-state index >= 15 is 0 Å². The van der Waals surface area contributed by atoms with Gasteiger partial charge in [-0.2, -0.15) is 26.3 Å². The SMILES string of the molecule is O=C(/C=C\Nc1cc(C(F)(F)F)cc(C(F)(F)F)c1)c1ccc(Cl)cc1Cl. The standard InChI is InChI=1S/C17H9Cl2F6NO/c18-11-1-2-13(14(19)8-11)15(27)3-4-26-12-6-9(16(20,21)22)5-10(7-12)17(23,24)25/h1-8,26H/b4-3-. The maximum Gasteiger partial charge on any atom is 0.416 e. The molecule has 2 rings (SSSR count). The van der Waals surface area contributed by atoms with Crippen LogP contribution < -0.4 is 5.32 Å². The number of carbonyl (C=O) groups excluding carboxylic acids is 1. The average Bonchev–Trinajstić information content (AvgIpc) is 2.52. The third-order valence-corrected chi connectivity index (χ3v) is 3.82. The number of allylic oxidation sites excluding steroid dienone is 1. The fraction of sp³-hybridized carbons (Fsp3) is 0.118. The number of nitrogens with one attached hydrogen (secondary N) is 1. The van der Waals surface area contributed by atoms with E-state index in [1.54, 1.807) is 0 Å². The number of ketones is 1. The lowest BCUT2D eigenvalue weighted by atomic mass is 10.1. The van der Waals surface area contributed by atoms with E-state index in [1.165, 1.54) is 18.2 Å². The summed E-state index contributed by atoms with van der Waals surface area (Å²) in [5.41, 5.74) is -3.36. The molecule has 0 amide bonds. The maximum atomic E-state index is 12.8. The monoisotopic (exact) mass is 427 g/mol. The van der Waals surface area contributed by atoms with Gasteiger partial charge in [0.2, 0.25) is 0 Å². The van der Waals surface area contributed by atoms with Gasteiger partial charge in [0, 0.05) is 28.5 Å². The fourth-order valence-electron chi connectivity index (χ4n) is 2.03. The first kappa shape index (κ1) is 21.1. The van der Waals surface area contributed by atoms with Gasteiger partial charge in [0.1, 0.15) is 0 Å². The zero-order valence-corrected chi connectivity index (χ0v) is 14.6. The van der Waals surface area contributed by atoms with Crippen molar-refractivity contribution in [2.75, 3.05) is 5.32 Å². The third kappa shape index (κ3) is 5.64. The van der Waals surface area contributed by atoms with Gasteiger partial charge in [-0.15, -0.1) is 0 Å². The molecular weight excluding hydrogens is 419 g/mol. The molecule has 2 aromatic rings. The van der Waals surface area contributed by atoms with Crippen molar-refractivity contribution in [3.63, 3.8) is 0 Å². The van der Waals surface area contributed by atoms with Crippen LogP contribution in [-0.4, -0.2) is 5.78 Å². The largest absolute Gasteiger partial charge is 0.416 e. The summed E-state index contributed by atoms with van der Waals surface area (Å²) in [6.07, 6.45) is -8.09.